The molecular formula is C8H17O2-. The molecule has 2 nitrogen and oxygen atoms in total. The van der Waals surface area contributed by atoms with Crippen LogP contribution in [0.5, 0.6) is 0 Å². The molecule has 0 aliphatic rings. The van der Waals surface area contributed by atoms with E-state index in [1.165, 1.54) is 0 Å². The van der Waals surface area contributed by atoms with Crippen molar-refractivity contribution in [2.45, 2.75) is 33.8 Å². The Hall–Kier alpha value is -0.0800. The molecule has 0 heterocycles. The van der Waals surface area contributed by atoms with Gasteiger partial charge in [0, 0.05) is 6.61 Å². The van der Waals surface area contributed by atoms with Crippen molar-refractivity contribution in [1.29, 1.82) is 0 Å². The molecule has 0 saturated carbocycles. The zero-order valence-electron chi connectivity index (χ0n) is 7.22. The van der Waals surface area contributed by atoms with Gasteiger partial charge in [-0.2, -0.15) is 0 Å². The number of rotatable bonds is 3. The third-order valence-corrected chi connectivity index (χ3v) is 1.78. The van der Waals surface area contributed by atoms with Gasteiger partial charge in [0.1, 0.15) is 0 Å². The SMILES string of the molecule is CC(C)C([O-])C(C)(C)CO. The van der Waals surface area contributed by atoms with E-state index in [0.29, 0.717) is 0 Å². The summed E-state index contributed by atoms with van der Waals surface area (Å²) in [7, 11) is 0. The lowest BCUT2D eigenvalue weighted by molar-refractivity contribution is -0.458. The summed E-state index contributed by atoms with van der Waals surface area (Å²) in [6, 6.07) is 0. The van der Waals surface area contributed by atoms with Crippen LogP contribution in [0.2, 0.25) is 0 Å². The lowest BCUT2D eigenvalue weighted by Gasteiger charge is -2.41. The highest BCUT2D eigenvalue weighted by atomic mass is 16.3. The van der Waals surface area contributed by atoms with Gasteiger partial charge in [0.2, 0.25) is 0 Å². The summed E-state index contributed by atoms with van der Waals surface area (Å²) in [6.45, 7) is 7.33. The van der Waals surface area contributed by atoms with Crippen LogP contribution in [0.1, 0.15) is 27.7 Å². The summed E-state index contributed by atoms with van der Waals surface area (Å²) in [5.74, 6) is 0.0992. The van der Waals surface area contributed by atoms with Gasteiger partial charge in [0.25, 0.3) is 0 Å². The maximum absolute atomic E-state index is 11.3. The normalized spacial score (nSPS) is 15.9. The van der Waals surface area contributed by atoms with Gasteiger partial charge in [-0.1, -0.05) is 33.6 Å². The molecule has 0 aliphatic heterocycles. The molecule has 1 atom stereocenters. The molecule has 0 aromatic rings. The predicted octanol–water partition coefficient (Wildman–Crippen LogP) is 0.390. The Morgan fingerprint density at radius 3 is 1.90 bits per heavy atom. The average molecular weight is 145 g/mol. The summed E-state index contributed by atoms with van der Waals surface area (Å²) >= 11 is 0. The van der Waals surface area contributed by atoms with E-state index < -0.39 is 11.5 Å². The topological polar surface area (TPSA) is 43.3 Å². The largest absolute Gasteiger partial charge is 0.851 e. The first-order valence-electron chi connectivity index (χ1n) is 3.68. The van der Waals surface area contributed by atoms with E-state index in [-0.39, 0.29) is 12.5 Å². The van der Waals surface area contributed by atoms with Gasteiger partial charge in [-0.25, -0.2) is 0 Å². The van der Waals surface area contributed by atoms with E-state index in [0.717, 1.165) is 0 Å². The van der Waals surface area contributed by atoms with Gasteiger partial charge >= 0.3 is 0 Å². The third kappa shape index (κ3) is 2.27. The van der Waals surface area contributed by atoms with E-state index in [1.54, 1.807) is 13.8 Å². The van der Waals surface area contributed by atoms with E-state index in [1.807, 2.05) is 13.8 Å². The highest BCUT2D eigenvalue weighted by Crippen LogP contribution is 2.22. The molecule has 1 unspecified atom stereocenters. The summed E-state index contributed by atoms with van der Waals surface area (Å²) in [5.41, 5.74) is -0.478. The van der Waals surface area contributed by atoms with E-state index >= 15 is 0 Å². The van der Waals surface area contributed by atoms with E-state index in [4.69, 9.17) is 5.11 Å². The van der Waals surface area contributed by atoms with Crippen molar-refractivity contribution in [2.24, 2.45) is 11.3 Å². The Bertz CT molecular complexity index is 97.4. The smallest absolute Gasteiger partial charge is 0.0471 e. The van der Waals surface area contributed by atoms with E-state index in [9.17, 15) is 5.11 Å². The fourth-order valence-electron chi connectivity index (χ4n) is 0.992. The molecule has 0 spiro atoms. The molecule has 1 N–H and O–H groups in total. The van der Waals surface area contributed by atoms with Gasteiger partial charge in [0.05, 0.1) is 0 Å². The number of hydrogen-bond donors (Lipinski definition) is 1. The fraction of sp³-hybridized carbons (Fsp3) is 1.00. The van der Waals surface area contributed by atoms with Crippen molar-refractivity contribution in [3.63, 3.8) is 0 Å². The van der Waals surface area contributed by atoms with Gasteiger partial charge in [-0.05, 0) is 5.41 Å². The first kappa shape index (κ1) is 9.92. The van der Waals surface area contributed by atoms with Crippen molar-refractivity contribution in [2.75, 3.05) is 6.61 Å². The molecule has 0 saturated heterocycles. The monoisotopic (exact) mass is 145 g/mol. The third-order valence-electron chi connectivity index (χ3n) is 1.78. The highest BCUT2D eigenvalue weighted by Gasteiger charge is 2.21. The second-order valence-corrected chi connectivity index (χ2v) is 3.81. The minimum atomic E-state index is -0.669. The average Bonchev–Trinajstić information content (AvgIpc) is 1.86. The molecule has 0 aromatic heterocycles. The Morgan fingerprint density at radius 2 is 1.80 bits per heavy atom. The second-order valence-electron chi connectivity index (χ2n) is 3.81. The minimum Gasteiger partial charge on any atom is -0.851 e. The van der Waals surface area contributed by atoms with Gasteiger partial charge in [0.15, 0.2) is 0 Å². The van der Waals surface area contributed by atoms with Gasteiger partial charge < -0.3 is 10.2 Å². The molecule has 0 fully saturated rings. The standard InChI is InChI=1S/C8H17O2/c1-6(2)7(10)8(3,4)5-9/h6-7,9H,5H2,1-4H3/q-1. The van der Waals surface area contributed by atoms with Crippen molar-refractivity contribution in [3.05, 3.63) is 0 Å². The Morgan fingerprint density at radius 1 is 1.40 bits per heavy atom. The Labute approximate surface area is 62.9 Å². The summed E-state index contributed by atoms with van der Waals surface area (Å²) in [6.07, 6.45) is -0.669. The van der Waals surface area contributed by atoms with Crippen molar-refractivity contribution in [1.82, 2.24) is 0 Å². The van der Waals surface area contributed by atoms with Crippen LogP contribution in [0.15, 0.2) is 0 Å². The predicted molar refractivity (Wildman–Crippen MR) is 39.5 cm³/mol. The molecule has 2 heteroatoms. The Balaban J connectivity index is 4.03. The zero-order valence-corrected chi connectivity index (χ0v) is 7.22. The first-order chi connectivity index (χ1) is 4.41. The first-order valence-corrected chi connectivity index (χ1v) is 3.68. The van der Waals surface area contributed by atoms with Crippen LogP contribution in [0.25, 0.3) is 0 Å². The summed E-state index contributed by atoms with van der Waals surface area (Å²) in [5, 5.41) is 20.1. The molecular weight excluding hydrogens is 128 g/mol. The summed E-state index contributed by atoms with van der Waals surface area (Å²) < 4.78 is 0. The molecule has 0 aromatic carbocycles. The van der Waals surface area contributed by atoms with Crippen LogP contribution >= 0.6 is 0 Å². The van der Waals surface area contributed by atoms with Crippen LogP contribution in [-0.4, -0.2) is 17.8 Å². The van der Waals surface area contributed by atoms with Crippen LogP contribution in [0, 0.1) is 11.3 Å². The fourth-order valence-corrected chi connectivity index (χ4v) is 0.992. The molecule has 0 aliphatic carbocycles. The number of hydrogen-bond acceptors (Lipinski definition) is 2. The van der Waals surface area contributed by atoms with Crippen LogP contribution in [0.3, 0.4) is 0 Å². The van der Waals surface area contributed by atoms with Crippen LogP contribution in [0.4, 0.5) is 0 Å². The van der Waals surface area contributed by atoms with Crippen LogP contribution in [-0.2, 0) is 0 Å². The van der Waals surface area contributed by atoms with Crippen molar-refractivity contribution in [3.8, 4) is 0 Å². The quantitative estimate of drug-likeness (QED) is 0.624. The van der Waals surface area contributed by atoms with Crippen molar-refractivity contribution < 1.29 is 10.2 Å². The second kappa shape index (κ2) is 3.35. The zero-order chi connectivity index (χ0) is 8.36. The van der Waals surface area contributed by atoms with Gasteiger partial charge in [-0.15, -0.1) is 6.10 Å². The molecule has 10 heavy (non-hydrogen) atoms. The molecule has 0 rings (SSSR count). The molecule has 62 valence electrons. The van der Waals surface area contributed by atoms with Gasteiger partial charge in [-0.3, -0.25) is 0 Å². The molecule has 0 radical (unpaired) electrons. The number of aliphatic hydroxyl groups is 1. The minimum absolute atomic E-state index is 0.0284. The van der Waals surface area contributed by atoms with Crippen molar-refractivity contribution >= 4 is 0 Å². The maximum atomic E-state index is 11.3. The summed E-state index contributed by atoms with van der Waals surface area (Å²) in [4.78, 5) is 0. The highest BCUT2D eigenvalue weighted by molar-refractivity contribution is 4.77. The number of aliphatic hydroxyl groups excluding tert-OH is 1. The molecule has 0 amide bonds. The Kier molecular flexibility index (Phi) is 3.33. The molecule has 0 bridgehead atoms. The van der Waals surface area contributed by atoms with E-state index in [2.05, 4.69) is 0 Å². The maximum Gasteiger partial charge on any atom is 0.0471 e. The van der Waals surface area contributed by atoms with Crippen LogP contribution < -0.4 is 5.11 Å². The lowest BCUT2D eigenvalue weighted by atomic mass is 9.82. The lowest BCUT2D eigenvalue weighted by Crippen LogP contribution is -2.46.